The summed E-state index contributed by atoms with van der Waals surface area (Å²) >= 11 is 1.32. The quantitative estimate of drug-likeness (QED) is 0.221. The molecule has 0 aromatic heterocycles. The number of thioether (sulfide) groups is 1. The molecule has 0 radical (unpaired) electrons. The van der Waals surface area contributed by atoms with E-state index in [-0.39, 0.29) is 36.0 Å². The molecule has 37 heavy (non-hydrogen) atoms. The van der Waals surface area contributed by atoms with Gasteiger partial charge >= 0.3 is 17.9 Å². The number of nitrogens with one attached hydrogen (secondary N) is 1. The van der Waals surface area contributed by atoms with Gasteiger partial charge in [-0.2, -0.15) is 0 Å². The lowest BCUT2D eigenvalue weighted by Crippen LogP contribution is -2.70. The smallest absolute Gasteiger partial charge is 0.358 e. The number of rotatable bonds is 9. The first-order valence-corrected chi connectivity index (χ1v) is 12.6. The summed E-state index contributed by atoms with van der Waals surface area (Å²) in [6, 6.07) is 8.27. The van der Waals surface area contributed by atoms with Crippen LogP contribution in [0.2, 0.25) is 0 Å². The van der Waals surface area contributed by atoms with Gasteiger partial charge in [-0.05, 0) is 33.3 Å². The number of esters is 3. The topological polar surface area (TPSA) is 128 Å². The number of fused-ring (bicyclic) bond motifs is 1. The maximum absolute atomic E-state index is 13.1. The Balaban J connectivity index is 1.73. The number of benzene rings is 1. The van der Waals surface area contributed by atoms with E-state index in [1.807, 2.05) is 30.3 Å². The molecule has 11 heteroatoms. The molecule has 1 N–H and O–H groups in total. The van der Waals surface area contributed by atoms with Crippen LogP contribution in [-0.4, -0.2) is 65.2 Å². The highest BCUT2D eigenvalue weighted by Crippen LogP contribution is 2.40. The van der Waals surface area contributed by atoms with Crippen LogP contribution in [0.4, 0.5) is 0 Å². The van der Waals surface area contributed by atoms with Crippen LogP contribution >= 0.6 is 11.8 Å². The molecule has 3 rings (SSSR count). The first kappa shape index (κ1) is 28.0. The van der Waals surface area contributed by atoms with Crippen molar-refractivity contribution in [3.8, 4) is 0 Å². The number of hydrogen-bond donors (Lipinski definition) is 1. The molecule has 2 heterocycles. The maximum atomic E-state index is 13.1. The van der Waals surface area contributed by atoms with Crippen LogP contribution in [0.3, 0.4) is 0 Å². The van der Waals surface area contributed by atoms with Crippen molar-refractivity contribution in [3.63, 3.8) is 0 Å². The fourth-order valence-electron chi connectivity index (χ4n) is 3.49. The lowest BCUT2D eigenvalue weighted by Gasteiger charge is -2.49. The molecular weight excluding hydrogens is 500 g/mol. The predicted molar refractivity (Wildman–Crippen MR) is 134 cm³/mol. The van der Waals surface area contributed by atoms with E-state index < -0.39 is 47.4 Å². The number of β-lactam (4-membered cyclic amide) rings is 1. The highest BCUT2D eigenvalue weighted by Gasteiger charge is 2.54. The van der Waals surface area contributed by atoms with Crippen LogP contribution in [-0.2, 0) is 44.6 Å². The highest BCUT2D eigenvalue weighted by molar-refractivity contribution is 8.00. The number of hydrogen-bond acceptors (Lipinski definition) is 9. The van der Waals surface area contributed by atoms with Crippen LogP contribution in [0, 0.1) is 5.41 Å². The first-order chi connectivity index (χ1) is 17.4. The highest BCUT2D eigenvalue weighted by atomic mass is 32.2. The summed E-state index contributed by atoms with van der Waals surface area (Å²) in [5.74, 6) is -2.70. The summed E-state index contributed by atoms with van der Waals surface area (Å²) < 4.78 is 15.3. The number of carbonyl (C=O) groups is 5. The summed E-state index contributed by atoms with van der Waals surface area (Å²) in [5, 5.41) is 2.19. The molecule has 1 saturated heterocycles. The zero-order valence-electron chi connectivity index (χ0n) is 21.2. The van der Waals surface area contributed by atoms with Gasteiger partial charge < -0.3 is 19.5 Å². The van der Waals surface area contributed by atoms with E-state index in [2.05, 4.69) is 11.9 Å². The van der Waals surface area contributed by atoms with Crippen molar-refractivity contribution in [1.29, 1.82) is 0 Å². The third kappa shape index (κ3) is 6.79. The van der Waals surface area contributed by atoms with Gasteiger partial charge in [0.2, 0.25) is 12.7 Å². The Labute approximate surface area is 219 Å². The molecule has 10 nitrogen and oxygen atoms in total. The molecule has 0 spiro atoms. The van der Waals surface area contributed by atoms with Crippen LogP contribution in [0.25, 0.3) is 0 Å². The second kappa shape index (κ2) is 11.6. The van der Waals surface area contributed by atoms with Gasteiger partial charge in [0.25, 0.3) is 5.91 Å². The molecule has 2 aliphatic rings. The van der Waals surface area contributed by atoms with Crippen molar-refractivity contribution in [2.45, 2.75) is 45.5 Å². The maximum Gasteiger partial charge on any atom is 0.358 e. The third-order valence-electron chi connectivity index (χ3n) is 5.48. The summed E-state index contributed by atoms with van der Waals surface area (Å²) in [5.41, 5.74) is 0.449. The molecule has 1 aromatic carbocycles. The molecule has 1 fully saturated rings. The van der Waals surface area contributed by atoms with Gasteiger partial charge in [-0.1, -0.05) is 36.9 Å². The molecule has 1 aromatic rings. The van der Waals surface area contributed by atoms with Crippen molar-refractivity contribution >= 4 is 41.5 Å². The number of nitrogens with zero attached hydrogens (tertiary/aromatic N) is 1. The molecule has 0 aliphatic carbocycles. The second-order valence-electron chi connectivity index (χ2n) is 9.66. The van der Waals surface area contributed by atoms with Crippen molar-refractivity contribution in [1.82, 2.24) is 10.2 Å². The summed E-state index contributed by atoms with van der Waals surface area (Å²) in [4.78, 5) is 63.7. The van der Waals surface area contributed by atoms with Crippen LogP contribution in [0.5, 0.6) is 0 Å². The summed E-state index contributed by atoms with van der Waals surface area (Å²) in [7, 11) is 0. The Morgan fingerprint density at radius 1 is 1.11 bits per heavy atom. The molecule has 2 amide bonds. The molecule has 2 aliphatic heterocycles. The zero-order chi connectivity index (χ0) is 27.3. The minimum Gasteiger partial charge on any atom is -0.458 e. The molecule has 0 saturated carbocycles. The fourth-order valence-corrected chi connectivity index (χ4v) is 4.81. The first-order valence-electron chi connectivity index (χ1n) is 11.6. The molecule has 198 valence electrons. The Kier molecular flexibility index (Phi) is 8.80. The van der Waals surface area contributed by atoms with Gasteiger partial charge in [0, 0.05) is 16.9 Å². The van der Waals surface area contributed by atoms with Gasteiger partial charge in [-0.25, -0.2) is 9.59 Å². The van der Waals surface area contributed by atoms with E-state index in [0.717, 1.165) is 5.56 Å². The summed E-state index contributed by atoms with van der Waals surface area (Å²) in [6.45, 7) is 9.08. The predicted octanol–water partition coefficient (Wildman–Crippen LogP) is 2.09. The Hall–Kier alpha value is -3.60. The molecule has 0 unspecified atom stereocenters. The Bertz CT molecular complexity index is 1140. The average Bonchev–Trinajstić information content (AvgIpc) is 2.84. The Morgan fingerprint density at radius 2 is 1.78 bits per heavy atom. The van der Waals surface area contributed by atoms with Gasteiger partial charge in [0.05, 0.1) is 11.8 Å². The van der Waals surface area contributed by atoms with E-state index in [1.165, 1.54) is 23.6 Å². The van der Waals surface area contributed by atoms with E-state index in [1.54, 1.807) is 20.8 Å². The van der Waals surface area contributed by atoms with Crippen LogP contribution < -0.4 is 5.32 Å². The van der Waals surface area contributed by atoms with Crippen LogP contribution in [0.15, 0.2) is 53.8 Å². The van der Waals surface area contributed by atoms with Gasteiger partial charge in [-0.15, -0.1) is 11.8 Å². The van der Waals surface area contributed by atoms with Crippen molar-refractivity contribution < 1.29 is 38.2 Å². The number of ether oxygens (including phenoxy) is 3. The summed E-state index contributed by atoms with van der Waals surface area (Å²) in [6.07, 6.45) is 0.105. The second-order valence-corrected chi connectivity index (χ2v) is 10.8. The lowest BCUT2D eigenvalue weighted by atomic mass is 9.98. The minimum absolute atomic E-state index is 0.0939. The van der Waals surface area contributed by atoms with E-state index in [4.69, 9.17) is 14.2 Å². The molecule has 0 bridgehead atoms. The largest absolute Gasteiger partial charge is 0.458 e. The lowest BCUT2D eigenvalue weighted by molar-refractivity contribution is -0.173. The van der Waals surface area contributed by atoms with Gasteiger partial charge in [-0.3, -0.25) is 19.3 Å². The monoisotopic (exact) mass is 530 g/mol. The number of carbonyl (C=O) groups excluding carboxylic acids is 5. The van der Waals surface area contributed by atoms with Crippen molar-refractivity contribution in [2.24, 2.45) is 5.41 Å². The van der Waals surface area contributed by atoms with Gasteiger partial charge in [0.1, 0.15) is 23.7 Å². The van der Waals surface area contributed by atoms with E-state index in [9.17, 15) is 24.0 Å². The average molecular weight is 531 g/mol. The SMILES string of the molecule is C=C(C)C(=O)OCC1=C(C(=O)OCOC(=O)C(C)(C)C)N2C(=O)[C@@H](NC(=O)Cc3ccccc3)[C@H]2SC1. The fraction of sp³-hybridized carbons (Fsp3) is 0.423. The zero-order valence-corrected chi connectivity index (χ0v) is 22.0. The van der Waals surface area contributed by atoms with E-state index >= 15 is 0 Å². The van der Waals surface area contributed by atoms with Crippen molar-refractivity contribution in [2.75, 3.05) is 19.2 Å². The van der Waals surface area contributed by atoms with Crippen molar-refractivity contribution in [3.05, 3.63) is 59.3 Å². The Morgan fingerprint density at radius 3 is 2.41 bits per heavy atom. The molecule has 2 atom stereocenters. The van der Waals surface area contributed by atoms with Gasteiger partial charge in [0.15, 0.2) is 0 Å². The standard InChI is InChI=1S/C26H30N2O8S/c1-15(2)23(31)34-12-17-13-37-22-19(27-18(29)11-16-9-7-6-8-10-16)21(30)28(22)20(17)24(32)35-14-36-25(33)26(3,4)5/h6-10,19,22H,1,11-14H2,2-5H3,(H,27,29)/t19-,22-/m1/s1. The molecular formula is C26H30N2O8S. The normalized spacial score (nSPS) is 18.8. The third-order valence-corrected chi connectivity index (χ3v) is 6.82. The minimum atomic E-state index is -0.907. The van der Waals surface area contributed by atoms with Crippen LogP contribution in [0.1, 0.15) is 33.3 Å². The number of amides is 2. The van der Waals surface area contributed by atoms with E-state index in [0.29, 0.717) is 5.57 Å².